The summed E-state index contributed by atoms with van der Waals surface area (Å²) < 4.78 is 37.4. The average Bonchev–Trinajstić information content (AvgIpc) is 3.27. The Hall–Kier alpha value is -3.40. The highest BCUT2D eigenvalue weighted by atomic mass is 19.1. The van der Waals surface area contributed by atoms with Crippen LogP contribution >= 0.6 is 0 Å². The van der Waals surface area contributed by atoms with Gasteiger partial charge in [-0.3, -0.25) is 9.80 Å². The Bertz CT molecular complexity index is 1630. The van der Waals surface area contributed by atoms with E-state index in [9.17, 15) is 0 Å². The number of benzene rings is 2. The highest BCUT2D eigenvalue weighted by Crippen LogP contribution is 2.67. The van der Waals surface area contributed by atoms with Gasteiger partial charge in [0.05, 0.1) is 18.9 Å². The molecule has 1 spiro atoms. The first kappa shape index (κ1) is 25.3. The van der Waals surface area contributed by atoms with Crippen molar-refractivity contribution in [3.63, 3.8) is 0 Å². The topological polar surface area (TPSA) is 58.2 Å². The summed E-state index contributed by atoms with van der Waals surface area (Å²) in [6, 6.07) is 11.8. The van der Waals surface area contributed by atoms with Crippen LogP contribution in [0.15, 0.2) is 48.8 Å². The van der Waals surface area contributed by atoms with Gasteiger partial charge in [-0.2, -0.15) is 4.98 Å². The van der Waals surface area contributed by atoms with Crippen molar-refractivity contribution in [2.75, 3.05) is 31.6 Å². The van der Waals surface area contributed by atoms with Crippen LogP contribution in [0.4, 0.5) is 20.4 Å². The lowest BCUT2D eigenvalue weighted by Gasteiger charge is -2.36. The number of halogens is 2. The first-order valence-electron chi connectivity index (χ1n) is 14.8. The summed E-state index contributed by atoms with van der Waals surface area (Å²) in [5.74, 6) is 0.235. The van der Waals surface area contributed by atoms with Crippen molar-refractivity contribution in [3.8, 4) is 5.69 Å². The molecule has 41 heavy (non-hydrogen) atoms. The quantitative estimate of drug-likeness (QED) is 0.295. The molecule has 0 radical (unpaired) electrons. The third kappa shape index (κ3) is 4.16. The molecule has 4 fully saturated rings. The second-order valence-electron chi connectivity index (χ2n) is 12.1. The van der Waals surface area contributed by atoms with Gasteiger partial charge in [0.15, 0.2) is 0 Å². The Morgan fingerprint density at radius 1 is 1.02 bits per heavy atom. The summed E-state index contributed by atoms with van der Waals surface area (Å²) >= 11 is 0. The number of nitrogens with zero attached hydrogens (tertiary/aromatic N) is 5. The van der Waals surface area contributed by atoms with Crippen LogP contribution in [0.1, 0.15) is 42.4 Å². The minimum Gasteiger partial charge on any atom is -0.379 e. The van der Waals surface area contributed by atoms with Crippen molar-refractivity contribution in [2.24, 2.45) is 5.92 Å². The number of aryl methyl sites for hydroxylation is 1. The molecule has 212 valence electrons. The molecular weight excluding hydrogens is 522 g/mol. The van der Waals surface area contributed by atoms with Gasteiger partial charge >= 0.3 is 0 Å². The number of hydrogen-bond donors (Lipinski definition) is 1. The van der Waals surface area contributed by atoms with Crippen LogP contribution in [-0.4, -0.2) is 62.2 Å². The predicted octanol–water partition coefficient (Wildman–Crippen LogP) is 5.71. The largest absolute Gasteiger partial charge is 0.379 e. The summed E-state index contributed by atoms with van der Waals surface area (Å²) in [5.41, 5.74) is 5.12. The van der Waals surface area contributed by atoms with Crippen molar-refractivity contribution in [1.82, 2.24) is 24.3 Å². The lowest BCUT2D eigenvalue weighted by Crippen LogP contribution is -2.37. The van der Waals surface area contributed by atoms with Gasteiger partial charge in [-0.05, 0) is 80.0 Å². The van der Waals surface area contributed by atoms with Crippen LogP contribution in [0.3, 0.4) is 0 Å². The molecule has 2 unspecified atom stereocenters. The second kappa shape index (κ2) is 9.58. The number of likely N-dealkylation sites (tertiary alicyclic amines) is 1. The molecule has 2 saturated carbocycles. The van der Waals surface area contributed by atoms with Crippen LogP contribution in [0.25, 0.3) is 16.7 Å². The average molecular weight is 557 g/mol. The summed E-state index contributed by atoms with van der Waals surface area (Å²) in [6.07, 6.45) is 9.02. The van der Waals surface area contributed by atoms with E-state index in [0.29, 0.717) is 49.1 Å². The van der Waals surface area contributed by atoms with E-state index in [1.807, 2.05) is 11.0 Å². The van der Waals surface area contributed by atoms with Crippen LogP contribution in [0, 0.1) is 24.5 Å². The highest BCUT2D eigenvalue weighted by Gasteiger charge is 2.72. The molecule has 7 nitrogen and oxygen atoms in total. The second-order valence-corrected chi connectivity index (χ2v) is 12.1. The number of rotatable bonds is 7. The zero-order chi connectivity index (χ0) is 27.7. The SMILES string of the molecule is Cc1ccc(Nc2ncc3ccn(-c4cc(F)c(CN5CCOCC5)c(F)c4)c3n2)cc1CN1[C@H]2CC[C@@H]3CCC321. The summed E-state index contributed by atoms with van der Waals surface area (Å²) in [7, 11) is 0. The van der Waals surface area contributed by atoms with Gasteiger partial charge in [0.1, 0.15) is 17.3 Å². The van der Waals surface area contributed by atoms with Gasteiger partial charge in [0.2, 0.25) is 5.95 Å². The fourth-order valence-electron chi connectivity index (χ4n) is 7.63. The van der Waals surface area contributed by atoms with E-state index in [2.05, 4.69) is 40.3 Å². The number of hydrogen-bond acceptors (Lipinski definition) is 6. The molecule has 0 amide bonds. The molecule has 0 bridgehead atoms. The number of piperidine rings is 1. The highest BCUT2D eigenvalue weighted by molar-refractivity contribution is 5.79. The number of fused-ring (bicyclic) bond motifs is 1. The van der Waals surface area contributed by atoms with Crippen LogP contribution < -0.4 is 5.32 Å². The van der Waals surface area contributed by atoms with Crippen LogP contribution in [0.5, 0.6) is 0 Å². The molecule has 2 aliphatic heterocycles. The Morgan fingerprint density at radius 2 is 1.85 bits per heavy atom. The standard InChI is InChI=1S/C32H34F2N6O/c1-20-2-4-24(14-22(20)18-40-29-5-3-23-6-8-32(23,29)40)36-31-35-17-21-7-9-39(30(21)37-31)25-15-27(33)26(28(34)16-25)19-38-10-12-41-13-11-38/h2,4,7,9,14-17,23,29H,3,5-6,8,10-13,18-19H2,1H3,(H,35,36,37)/t23-,29+,32?,40?/m1/s1. The Kier molecular flexibility index (Phi) is 5.91. The molecule has 9 heteroatoms. The summed E-state index contributed by atoms with van der Waals surface area (Å²) in [5, 5.41) is 4.16. The summed E-state index contributed by atoms with van der Waals surface area (Å²) in [6.45, 7) is 5.88. The number of nitrogens with one attached hydrogen (secondary N) is 1. The zero-order valence-electron chi connectivity index (χ0n) is 23.2. The predicted molar refractivity (Wildman–Crippen MR) is 153 cm³/mol. The lowest BCUT2D eigenvalue weighted by molar-refractivity contribution is 0.0332. The van der Waals surface area contributed by atoms with E-state index in [1.54, 1.807) is 17.0 Å². The monoisotopic (exact) mass is 556 g/mol. The van der Waals surface area contributed by atoms with Crippen LogP contribution in [-0.2, 0) is 17.8 Å². The zero-order valence-corrected chi connectivity index (χ0v) is 23.2. The van der Waals surface area contributed by atoms with Crippen molar-refractivity contribution in [2.45, 2.75) is 57.3 Å². The van der Waals surface area contributed by atoms with E-state index in [0.717, 1.165) is 29.6 Å². The summed E-state index contributed by atoms with van der Waals surface area (Å²) in [4.78, 5) is 14.0. The molecule has 2 aromatic carbocycles. The molecule has 8 rings (SSSR count). The minimum atomic E-state index is -0.559. The molecule has 1 N–H and O–H groups in total. The normalized spacial score (nSPS) is 27.0. The number of ether oxygens (including phenoxy) is 1. The maximum Gasteiger partial charge on any atom is 0.229 e. The third-order valence-corrected chi connectivity index (χ3v) is 10.1. The minimum absolute atomic E-state index is 0.0813. The van der Waals surface area contributed by atoms with E-state index in [-0.39, 0.29) is 12.1 Å². The van der Waals surface area contributed by atoms with Crippen molar-refractivity contribution in [1.29, 1.82) is 0 Å². The molecule has 2 aliphatic carbocycles. The van der Waals surface area contributed by atoms with Crippen LogP contribution in [0.2, 0.25) is 0 Å². The van der Waals surface area contributed by atoms with E-state index in [1.165, 1.54) is 48.9 Å². The fourth-order valence-corrected chi connectivity index (χ4v) is 7.63. The molecule has 4 heterocycles. The van der Waals surface area contributed by atoms with Gasteiger partial charge in [-0.1, -0.05) is 6.07 Å². The molecule has 4 aromatic rings. The van der Waals surface area contributed by atoms with Crippen molar-refractivity contribution in [3.05, 3.63) is 77.1 Å². The Balaban J connectivity index is 1.03. The van der Waals surface area contributed by atoms with Gasteiger partial charge in [-0.25, -0.2) is 13.8 Å². The smallest absolute Gasteiger partial charge is 0.229 e. The van der Waals surface area contributed by atoms with Gasteiger partial charge in [0.25, 0.3) is 0 Å². The maximum atomic E-state index is 15.2. The van der Waals surface area contributed by atoms with E-state index < -0.39 is 11.6 Å². The molecule has 2 aromatic heterocycles. The number of morpholine rings is 1. The van der Waals surface area contributed by atoms with Gasteiger partial charge in [0, 0.05) is 66.8 Å². The maximum absolute atomic E-state index is 15.2. The van der Waals surface area contributed by atoms with E-state index >= 15 is 8.78 Å². The third-order valence-electron chi connectivity index (χ3n) is 10.1. The van der Waals surface area contributed by atoms with Crippen molar-refractivity contribution >= 4 is 22.7 Å². The first-order valence-corrected chi connectivity index (χ1v) is 14.8. The number of anilines is 2. The fraction of sp³-hybridized carbons (Fsp3) is 0.438. The van der Waals surface area contributed by atoms with Gasteiger partial charge < -0.3 is 14.6 Å². The Labute approximate surface area is 238 Å². The molecule has 4 aliphatic rings. The van der Waals surface area contributed by atoms with E-state index in [4.69, 9.17) is 9.72 Å². The Morgan fingerprint density at radius 3 is 2.61 bits per heavy atom. The number of aromatic nitrogens is 3. The molecule has 2 saturated heterocycles. The molecular formula is C32H34F2N6O. The lowest BCUT2D eigenvalue weighted by atomic mass is 9.74. The first-order chi connectivity index (χ1) is 20.0. The van der Waals surface area contributed by atoms with Gasteiger partial charge in [-0.15, -0.1) is 0 Å². The van der Waals surface area contributed by atoms with Crippen molar-refractivity contribution < 1.29 is 13.5 Å². The molecule has 4 atom stereocenters.